The van der Waals surface area contributed by atoms with Gasteiger partial charge in [-0.05, 0) is 41.6 Å². The minimum absolute atomic E-state index is 0.00903. The molecule has 1 amide bonds. The normalized spacial score (nSPS) is 14.6. The number of rotatable bonds is 6. The van der Waals surface area contributed by atoms with Gasteiger partial charge in [0, 0.05) is 44.4 Å². The number of carbonyl (C=O) groups excluding carboxylic acids is 1. The molecule has 4 rings (SSSR count). The number of aryl methyl sites for hydroxylation is 1. The zero-order valence-corrected chi connectivity index (χ0v) is 18.1. The second kappa shape index (κ2) is 9.58. The second-order valence-electron chi connectivity index (χ2n) is 7.68. The lowest BCUT2D eigenvalue weighted by atomic mass is 10.1. The Morgan fingerprint density at radius 1 is 1.06 bits per heavy atom. The molecule has 1 aromatic heterocycles. The number of piperazine rings is 1. The first-order valence-corrected chi connectivity index (χ1v) is 11.1. The number of halogens is 2. The van der Waals surface area contributed by atoms with Crippen molar-refractivity contribution in [2.75, 3.05) is 26.2 Å². The maximum absolute atomic E-state index is 13.7. The van der Waals surface area contributed by atoms with Gasteiger partial charge < -0.3 is 9.64 Å². The summed E-state index contributed by atoms with van der Waals surface area (Å²) in [7, 11) is 0. The van der Waals surface area contributed by atoms with E-state index < -0.39 is 11.6 Å². The molecule has 7 heteroatoms. The molecule has 4 nitrogen and oxygen atoms in total. The molecule has 1 aliphatic heterocycles. The fraction of sp³-hybridized carbons (Fsp3) is 0.292. The van der Waals surface area contributed by atoms with Gasteiger partial charge in [-0.15, -0.1) is 11.3 Å². The highest BCUT2D eigenvalue weighted by atomic mass is 32.1. The summed E-state index contributed by atoms with van der Waals surface area (Å²) in [6, 6.07) is 13.4. The van der Waals surface area contributed by atoms with Crippen LogP contribution in [0.3, 0.4) is 0 Å². The van der Waals surface area contributed by atoms with Crippen LogP contribution in [0.15, 0.2) is 53.9 Å². The zero-order chi connectivity index (χ0) is 21.8. The number of thiophene rings is 1. The third-order valence-corrected chi connectivity index (χ3v) is 6.43. The fourth-order valence-corrected chi connectivity index (χ4v) is 4.47. The Balaban J connectivity index is 1.29. The third kappa shape index (κ3) is 5.29. The summed E-state index contributed by atoms with van der Waals surface area (Å²) in [6.45, 7) is 6.20. The van der Waals surface area contributed by atoms with Gasteiger partial charge in [-0.1, -0.05) is 24.3 Å². The van der Waals surface area contributed by atoms with E-state index in [0.29, 0.717) is 18.0 Å². The van der Waals surface area contributed by atoms with Gasteiger partial charge >= 0.3 is 0 Å². The fourth-order valence-electron chi connectivity index (χ4n) is 3.61. The molecule has 162 valence electrons. The summed E-state index contributed by atoms with van der Waals surface area (Å²) >= 11 is 1.36. The summed E-state index contributed by atoms with van der Waals surface area (Å²) in [5, 5.41) is 1.84. The van der Waals surface area contributed by atoms with Crippen molar-refractivity contribution in [2.45, 2.75) is 20.1 Å². The predicted octanol–water partition coefficient (Wildman–Crippen LogP) is 4.87. The Bertz CT molecular complexity index is 1060. The Morgan fingerprint density at radius 3 is 2.58 bits per heavy atom. The monoisotopic (exact) mass is 442 g/mol. The van der Waals surface area contributed by atoms with Crippen LogP contribution in [0.2, 0.25) is 0 Å². The standard InChI is InChI=1S/C24H24F2N2O2S/c1-17-4-2-3-5-19(17)14-27-8-10-28(11-9-27)24(29)23-12-18(16-31-23)15-30-22-7-6-20(25)13-21(22)26/h2-7,12-13,16H,8-11,14-15H2,1H3. The summed E-state index contributed by atoms with van der Waals surface area (Å²) in [4.78, 5) is 17.8. The third-order valence-electron chi connectivity index (χ3n) is 5.47. The molecule has 1 aliphatic rings. The number of hydrogen-bond donors (Lipinski definition) is 0. The van der Waals surface area contributed by atoms with Crippen molar-refractivity contribution in [2.24, 2.45) is 0 Å². The van der Waals surface area contributed by atoms with Gasteiger partial charge in [-0.3, -0.25) is 9.69 Å². The van der Waals surface area contributed by atoms with Crippen LogP contribution >= 0.6 is 11.3 Å². The molecular weight excluding hydrogens is 418 g/mol. The number of carbonyl (C=O) groups is 1. The van der Waals surface area contributed by atoms with Crippen LogP contribution in [-0.4, -0.2) is 41.9 Å². The van der Waals surface area contributed by atoms with Gasteiger partial charge in [0.2, 0.25) is 0 Å². The zero-order valence-electron chi connectivity index (χ0n) is 17.3. The Labute approximate surface area is 184 Å². The number of nitrogens with zero attached hydrogens (tertiary/aromatic N) is 2. The number of amides is 1. The topological polar surface area (TPSA) is 32.8 Å². The summed E-state index contributed by atoms with van der Waals surface area (Å²) in [6.07, 6.45) is 0. The molecule has 0 bridgehead atoms. The van der Waals surface area contributed by atoms with E-state index in [2.05, 4.69) is 30.0 Å². The number of ether oxygens (including phenoxy) is 1. The van der Waals surface area contributed by atoms with Crippen molar-refractivity contribution >= 4 is 17.2 Å². The molecule has 31 heavy (non-hydrogen) atoms. The molecule has 0 N–H and O–H groups in total. The Morgan fingerprint density at radius 2 is 1.84 bits per heavy atom. The summed E-state index contributed by atoms with van der Waals surface area (Å²) < 4.78 is 32.1. The van der Waals surface area contributed by atoms with Gasteiger partial charge in [-0.2, -0.15) is 0 Å². The van der Waals surface area contributed by atoms with Gasteiger partial charge in [-0.25, -0.2) is 8.78 Å². The summed E-state index contributed by atoms with van der Waals surface area (Å²) in [5.74, 6) is -1.38. The highest BCUT2D eigenvalue weighted by Gasteiger charge is 2.23. The van der Waals surface area contributed by atoms with Crippen LogP contribution in [0.25, 0.3) is 0 Å². The first kappa shape index (κ1) is 21.5. The van der Waals surface area contributed by atoms with Crippen LogP contribution in [-0.2, 0) is 13.2 Å². The van der Waals surface area contributed by atoms with E-state index >= 15 is 0 Å². The smallest absolute Gasteiger partial charge is 0.264 e. The van der Waals surface area contributed by atoms with Gasteiger partial charge in [0.1, 0.15) is 12.4 Å². The molecule has 0 unspecified atom stereocenters. The van der Waals surface area contributed by atoms with Crippen molar-refractivity contribution in [1.82, 2.24) is 9.80 Å². The average Bonchev–Trinajstić information content (AvgIpc) is 3.24. The molecule has 2 heterocycles. The quantitative estimate of drug-likeness (QED) is 0.546. The molecule has 1 saturated heterocycles. The van der Waals surface area contributed by atoms with Crippen LogP contribution in [0, 0.1) is 18.6 Å². The van der Waals surface area contributed by atoms with Gasteiger partial charge in [0.05, 0.1) is 4.88 Å². The van der Waals surface area contributed by atoms with Gasteiger partial charge in [0.15, 0.2) is 11.6 Å². The summed E-state index contributed by atoms with van der Waals surface area (Å²) in [5.41, 5.74) is 3.40. The number of hydrogen-bond acceptors (Lipinski definition) is 4. The minimum Gasteiger partial charge on any atom is -0.486 e. The SMILES string of the molecule is Cc1ccccc1CN1CCN(C(=O)c2cc(COc3ccc(F)cc3F)cs2)CC1. The van der Waals surface area contributed by atoms with E-state index in [-0.39, 0.29) is 18.3 Å². The van der Waals surface area contributed by atoms with E-state index in [9.17, 15) is 13.6 Å². The van der Waals surface area contributed by atoms with Crippen molar-refractivity contribution in [3.63, 3.8) is 0 Å². The first-order valence-electron chi connectivity index (χ1n) is 10.2. The van der Waals surface area contributed by atoms with Gasteiger partial charge in [0.25, 0.3) is 5.91 Å². The van der Waals surface area contributed by atoms with Crippen LogP contribution < -0.4 is 4.74 Å². The average molecular weight is 443 g/mol. The maximum Gasteiger partial charge on any atom is 0.264 e. The van der Waals surface area contributed by atoms with Crippen molar-refractivity contribution in [3.05, 3.63) is 87.1 Å². The molecule has 0 atom stereocenters. The van der Waals surface area contributed by atoms with Crippen molar-refractivity contribution < 1.29 is 18.3 Å². The lowest BCUT2D eigenvalue weighted by Gasteiger charge is -2.34. The van der Waals surface area contributed by atoms with Crippen molar-refractivity contribution in [3.8, 4) is 5.75 Å². The first-order chi connectivity index (χ1) is 15.0. The van der Waals surface area contributed by atoms with E-state index in [0.717, 1.165) is 37.3 Å². The lowest BCUT2D eigenvalue weighted by molar-refractivity contribution is 0.0633. The predicted molar refractivity (Wildman–Crippen MR) is 117 cm³/mol. The Hall–Kier alpha value is -2.77. The minimum atomic E-state index is -0.741. The van der Waals surface area contributed by atoms with Crippen molar-refractivity contribution in [1.29, 1.82) is 0 Å². The van der Waals surface area contributed by atoms with Crippen LogP contribution in [0.5, 0.6) is 5.75 Å². The molecule has 0 saturated carbocycles. The highest BCUT2D eigenvalue weighted by molar-refractivity contribution is 7.12. The molecule has 2 aromatic carbocycles. The lowest BCUT2D eigenvalue weighted by Crippen LogP contribution is -2.48. The molecule has 0 radical (unpaired) electrons. The van der Waals surface area contributed by atoms with E-state index in [1.54, 1.807) is 6.07 Å². The van der Waals surface area contributed by atoms with E-state index in [1.165, 1.54) is 28.5 Å². The molecule has 0 aliphatic carbocycles. The highest BCUT2D eigenvalue weighted by Crippen LogP contribution is 2.22. The second-order valence-corrected chi connectivity index (χ2v) is 8.59. The Kier molecular flexibility index (Phi) is 6.63. The molecule has 0 spiro atoms. The molecular formula is C24H24F2N2O2S. The molecule has 1 fully saturated rings. The van der Waals surface area contributed by atoms with E-state index in [4.69, 9.17) is 4.74 Å². The largest absolute Gasteiger partial charge is 0.486 e. The maximum atomic E-state index is 13.7. The van der Waals surface area contributed by atoms with Crippen LogP contribution in [0.4, 0.5) is 8.78 Å². The number of benzene rings is 2. The van der Waals surface area contributed by atoms with Crippen LogP contribution in [0.1, 0.15) is 26.4 Å². The van der Waals surface area contributed by atoms with E-state index in [1.807, 2.05) is 16.3 Å². The molecule has 3 aromatic rings.